The molecule has 0 fully saturated rings. The maximum atomic E-state index is 11.3. The molecule has 0 saturated heterocycles. The summed E-state index contributed by atoms with van der Waals surface area (Å²) in [7, 11) is 1.68. The van der Waals surface area contributed by atoms with E-state index in [-0.39, 0.29) is 5.91 Å². The Bertz CT molecular complexity index is 385. The number of benzene rings is 1. The van der Waals surface area contributed by atoms with Gasteiger partial charge < -0.3 is 10.0 Å². The van der Waals surface area contributed by atoms with Gasteiger partial charge in [-0.3, -0.25) is 4.79 Å². The standard InChI is InChI=1S/C12H17NO2/c1-8-5-10(3)11(6-9(8)2)13(4)12(15)7-14/h5-6,14H,7H2,1-4H3. The van der Waals surface area contributed by atoms with Crippen LogP contribution in [0.3, 0.4) is 0 Å². The van der Waals surface area contributed by atoms with E-state index in [1.165, 1.54) is 10.5 Å². The number of nitrogens with zero attached hydrogens (tertiary/aromatic N) is 1. The highest BCUT2D eigenvalue weighted by Crippen LogP contribution is 2.23. The fourth-order valence-corrected chi connectivity index (χ4v) is 1.55. The number of carbonyl (C=O) groups is 1. The van der Waals surface area contributed by atoms with Crippen LogP contribution in [0.2, 0.25) is 0 Å². The zero-order chi connectivity index (χ0) is 11.6. The van der Waals surface area contributed by atoms with Gasteiger partial charge in [0.15, 0.2) is 0 Å². The number of amides is 1. The van der Waals surface area contributed by atoms with Crippen LogP contribution in [-0.4, -0.2) is 24.7 Å². The third-order valence-corrected chi connectivity index (χ3v) is 2.68. The zero-order valence-electron chi connectivity index (χ0n) is 9.66. The van der Waals surface area contributed by atoms with Crippen molar-refractivity contribution in [2.24, 2.45) is 0 Å². The molecule has 15 heavy (non-hydrogen) atoms. The van der Waals surface area contributed by atoms with E-state index in [4.69, 9.17) is 5.11 Å². The molecule has 0 atom stereocenters. The number of aliphatic hydroxyl groups is 1. The third kappa shape index (κ3) is 2.36. The summed E-state index contributed by atoms with van der Waals surface area (Å²) in [6, 6.07) is 4.02. The first-order valence-corrected chi connectivity index (χ1v) is 4.92. The maximum absolute atomic E-state index is 11.3. The van der Waals surface area contributed by atoms with Gasteiger partial charge in [-0.15, -0.1) is 0 Å². The summed E-state index contributed by atoms with van der Waals surface area (Å²) in [5, 5.41) is 8.79. The van der Waals surface area contributed by atoms with Crippen LogP contribution in [0, 0.1) is 20.8 Å². The van der Waals surface area contributed by atoms with Gasteiger partial charge in [0.2, 0.25) is 0 Å². The van der Waals surface area contributed by atoms with Crippen LogP contribution in [0.5, 0.6) is 0 Å². The summed E-state index contributed by atoms with van der Waals surface area (Å²) in [5.41, 5.74) is 4.26. The van der Waals surface area contributed by atoms with Crippen LogP contribution in [0.25, 0.3) is 0 Å². The SMILES string of the molecule is Cc1cc(C)c(N(C)C(=O)CO)cc1C. The van der Waals surface area contributed by atoms with E-state index >= 15 is 0 Å². The summed E-state index contributed by atoms with van der Waals surface area (Å²) in [6.07, 6.45) is 0. The van der Waals surface area contributed by atoms with Gasteiger partial charge >= 0.3 is 0 Å². The van der Waals surface area contributed by atoms with E-state index in [1.54, 1.807) is 7.05 Å². The van der Waals surface area contributed by atoms with Gasteiger partial charge in [-0.05, 0) is 43.5 Å². The zero-order valence-corrected chi connectivity index (χ0v) is 9.66. The van der Waals surface area contributed by atoms with Gasteiger partial charge in [0, 0.05) is 12.7 Å². The predicted octanol–water partition coefficient (Wildman–Crippen LogP) is 1.57. The molecule has 1 amide bonds. The molecule has 0 spiro atoms. The summed E-state index contributed by atoms with van der Waals surface area (Å²) >= 11 is 0. The monoisotopic (exact) mass is 207 g/mol. The van der Waals surface area contributed by atoms with Crippen LogP contribution in [-0.2, 0) is 4.79 Å². The van der Waals surface area contributed by atoms with Crippen LogP contribution in [0.4, 0.5) is 5.69 Å². The van der Waals surface area contributed by atoms with E-state index in [1.807, 2.05) is 32.9 Å². The highest BCUT2D eigenvalue weighted by Gasteiger charge is 2.12. The van der Waals surface area contributed by atoms with E-state index < -0.39 is 6.61 Å². The van der Waals surface area contributed by atoms with Crippen molar-refractivity contribution in [2.45, 2.75) is 20.8 Å². The van der Waals surface area contributed by atoms with Crippen molar-refractivity contribution in [3.63, 3.8) is 0 Å². The smallest absolute Gasteiger partial charge is 0.252 e. The molecule has 0 bridgehead atoms. The van der Waals surface area contributed by atoms with Crippen LogP contribution in [0.15, 0.2) is 12.1 Å². The summed E-state index contributed by atoms with van der Waals surface area (Å²) in [4.78, 5) is 12.8. The van der Waals surface area contributed by atoms with Crippen molar-refractivity contribution in [1.82, 2.24) is 0 Å². The van der Waals surface area contributed by atoms with Crippen molar-refractivity contribution in [3.05, 3.63) is 28.8 Å². The quantitative estimate of drug-likeness (QED) is 0.799. The van der Waals surface area contributed by atoms with Gasteiger partial charge in [-0.2, -0.15) is 0 Å². The summed E-state index contributed by atoms with van der Waals surface area (Å²) in [6.45, 7) is 5.56. The molecule has 1 aromatic rings. The second-order valence-electron chi connectivity index (χ2n) is 3.83. The second kappa shape index (κ2) is 4.45. The van der Waals surface area contributed by atoms with Crippen molar-refractivity contribution < 1.29 is 9.90 Å². The maximum Gasteiger partial charge on any atom is 0.252 e. The van der Waals surface area contributed by atoms with E-state index in [2.05, 4.69) is 0 Å². The molecule has 0 aliphatic heterocycles. The van der Waals surface area contributed by atoms with Gasteiger partial charge in [0.1, 0.15) is 6.61 Å². The van der Waals surface area contributed by atoms with Crippen LogP contribution in [0.1, 0.15) is 16.7 Å². The molecule has 1 aromatic carbocycles. The minimum atomic E-state index is -0.455. The molecule has 3 nitrogen and oxygen atoms in total. The summed E-state index contributed by atoms with van der Waals surface area (Å²) < 4.78 is 0. The lowest BCUT2D eigenvalue weighted by Crippen LogP contribution is -2.29. The Morgan fingerprint density at radius 2 is 1.73 bits per heavy atom. The summed E-state index contributed by atoms with van der Waals surface area (Å²) in [5.74, 6) is -0.290. The lowest BCUT2D eigenvalue weighted by atomic mass is 10.0. The molecule has 0 aliphatic rings. The molecule has 0 unspecified atom stereocenters. The Balaban J connectivity index is 3.14. The number of likely N-dealkylation sites (N-methyl/N-ethyl adjacent to an activating group) is 1. The lowest BCUT2D eigenvalue weighted by Gasteiger charge is -2.20. The van der Waals surface area contributed by atoms with E-state index in [0.717, 1.165) is 16.8 Å². The van der Waals surface area contributed by atoms with Gasteiger partial charge in [0.05, 0.1) is 0 Å². The topological polar surface area (TPSA) is 40.5 Å². The van der Waals surface area contributed by atoms with E-state index in [0.29, 0.717) is 0 Å². The molecular weight excluding hydrogens is 190 g/mol. The number of aliphatic hydroxyl groups excluding tert-OH is 1. The number of anilines is 1. The minimum Gasteiger partial charge on any atom is -0.387 e. The van der Waals surface area contributed by atoms with E-state index in [9.17, 15) is 4.79 Å². The Labute approximate surface area is 90.3 Å². The fraction of sp³-hybridized carbons (Fsp3) is 0.417. The molecule has 3 heteroatoms. The Morgan fingerprint density at radius 3 is 2.27 bits per heavy atom. The van der Waals surface area contributed by atoms with Crippen molar-refractivity contribution >= 4 is 11.6 Å². The first kappa shape index (κ1) is 11.7. The first-order valence-electron chi connectivity index (χ1n) is 4.92. The Hall–Kier alpha value is -1.35. The number of aryl methyl sites for hydroxylation is 3. The molecule has 1 rings (SSSR count). The normalized spacial score (nSPS) is 10.2. The Morgan fingerprint density at radius 1 is 1.20 bits per heavy atom. The number of carbonyl (C=O) groups excluding carboxylic acids is 1. The average molecular weight is 207 g/mol. The van der Waals surface area contributed by atoms with Crippen molar-refractivity contribution in [1.29, 1.82) is 0 Å². The van der Waals surface area contributed by atoms with Crippen LogP contribution < -0.4 is 4.90 Å². The van der Waals surface area contributed by atoms with Gasteiger partial charge in [-0.25, -0.2) is 0 Å². The highest BCUT2D eigenvalue weighted by molar-refractivity contribution is 5.94. The number of rotatable bonds is 2. The molecule has 0 aliphatic carbocycles. The van der Waals surface area contributed by atoms with Gasteiger partial charge in [-0.1, -0.05) is 6.07 Å². The predicted molar refractivity (Wildman–Crippen MR) is 61.1 cm³/mol. The molecule has 0 radical (unpaired) electrons. The molecule has 0 aromatic heterocycles. The average Bonchev–Trinajstić information content (AvgIpc) is 2.21. The molecule has 0 saturated carbocycles. The second-order valence-corrected chi connectivity index (χ2v) is 3.83. The minimum absolute atomic E-state index is 0.290. The molecule has 1 N–H and O–H groups in total. The molecule has 0 heterocycles. The third-order valence-electron chi connectivity index (χ3n) is 2.68. The lowest BCUT2D eigenvalue weighted by molar-refractivity contribution is -0.120. The first-order chi connectivity index (χ1) is 6.97. The largest absolute Gasteiger partial charge is 0.387 e. The van der Waals surface area contributed by atoms with Crippen molar-refractivity contribution in [2.75, 3.05) is 18.6 Å². The van der Waals surface area contributed by atoms with Crippen molar-refractivity contribution in [3.8, 4) is 0 Å². The number of hydrogen-bond donors (Lipinski definition) is 1. The highest BCUT2D eigenvalue weighted by atomic mass is 16.3. The van der Waals surface area contributed by atoms with Crippen LogP contribution >= 0.6 is 0 Å². The Kier molecular flexibility index (Phi) is 3.48. The molecule has 82 valence electrons. The number of hydrogen-bond acceptors (Lipinski definition) is 2. The fourth-order valence-electron chi connectivity index (χ4n) is 1.55. The molecular formula is C12H17NO2. The van der Waals surface area contributed by atoms with Gasteiger partial charge in [0.25, 0.3) is 5.91 Å².